The first-order valence-electron chi connectivity index (χ1n) is 8.04. The zero-order valence-corrected chi connectivity index (χ0v) is 14.9. The Morgan fingerprint density at radius 2 is 2.17 bits per heavy atom. The zero-order valence-electron chi connectivity index (χ0n) is 14.1. The first kappa shape index (κ1) is 16.3. The number of benzene rings is 1. The van der Waals surface area contributed by atoms with E-state index in [1.54, 1.807) is 6.07 Å². The molecule has 2 atom stereocenters. The van der Waals surface area contributed by atoms with Gasteiger partial charge in [0, 0.05) is 41.6 Å². The number of piperidine rings is 1. The van der Waals surface area contributed by atoms with Crippen molar-refractivity contribution >= 4 is 28.5 Å². The molecule has 3 rings (SSSR count). The number of rotatable bonds is 2. The Labute approximate surface area is 142 Å². The minimum Gasteiger partial charge on any atom is -0.451 e. The maximum atomic E-state index is 12.9. The molecular formula is C18H23ClN2O2. The van der Waals surface area contributed by atoms with Crippen molar-refractivity contribution in [1.29, 1.82) is 0 Å². The quantitative estimate of drug-likeness (QED) is 0.834. The monoisotopic (exact) mass is 334 g/mol. The zero-order chi connectivity index (χ0) is 16.7. The van der Waals surface area contributed by atoms with Crippen LogP contribution in [0.3, 0.4) is 0 Å². The van der Waals surface area contributed by atoms with Crippen LogP contribution in [-0.2, 0) is 0 Å². The second-order valence-corrected chi connectivity index (χ2v) is 7.06. The van der Waals surface area contributed by atoms with Gasteiger partial charge in [-0.05, 0) is 51.9 Å². The summed E-state index contributed by atoms with van der Waals surface area (Å²) in [5.74, 6) is 0.382. The average Bonchev–Trinajstić information content (AvgIpc) is 2.85. The number of fused-ring (bicyclic) bond motifs is 1. The highest BCUT2D eigenvalue weighted by atomic mass is 35.5. The third-order valence-corrected chi connectivity index (χ3v) is 5.38. The van der Waals surface area contributed by atoms with Crippen LogP contribution in [0.15, 0.2) is 22.6 Å². The molecule has 2 aromatic rings. The fourth-order valence-electron chi connectivity index (χ4n) is 3.34. The van der Waals surface area contributed by atoms with Gasteiger partial charge < -0.3 is 14.2 Å². The maximum Gasteiger partial charge on any atom is 0.289 e. The van der Waals surface area contributed by atoms with Crippen molar-refractivity contribution < 1.29 is 9.21 Å². The number of carbonyl (C=O) groups excluding carboxylic acids is 1. The molecule has 0 bridgehead atoms. The number of aryl methyl sites for hydroxylation is 1. The molecule has 1 amide bonds. The van der Waals surface area contributed by atoms with Gasteiger partial charge >= 0.3 is 0 Å². The third-order valence-electron chi connectivity index (χ3n) is 5.14. The summed E-state index contributed by atoms with van der Waals surface area (Å²) < 4.78 is 5.82. The number of amides is 1. The molecule has 124 valence electrons. The topological polar surface area (TPSA) is 36.7 Å². The van der Waals surface area contributed by atoms with Crippen LogP contribution in [-0.4, -0.2) is 48.4 Å². The predicted octanol–water partition coefficient (Wildman–Crippen LogP) is 3.95. The van der Waals surface area contributed by atoms with E-state index < -0.39 is 0 Å². The van der Waals surface area contributed by atoms with Crippen molar-refractivity contribution in [3.63, 3.8) is 0 Å². The molecular weight excluding hydrogens is 312 g/mol. The second kappa shape index (κ2) is 6.17. The van der Waals surface area contributed by atoms with Crippen molar-refractivity contribution in [1.82, 2.24) is 9.80 Å². The molecule has 0 radical (unpaired) electrons. The SMILES string of the molecule is Cc1c(C(=O)N(C)[C@H]2CCN(C)[C@@H](C)C2)oc2ccc(Cl)cc12. The molecule has 1 aliphatic rings. The van der Waals surface area contributed by atoms with Gasteiger partial charge in [0.2, 0.25) is 0 Å². The highest BCUT2D eigenvalue weighted by Gasteiger charge is 2.30. The Bertz CT molecular complexity index is 740. The van der Waals surface area contributed by atoms with Crippen LogP contribution >= 0.6 is 11.6 Å². The Hall–Kier alpha value is -1.52. The van der Waals surface area contributed by atoms with E-state index in [2.05, 4.69) is 18.9 Å². The van der Waals surface area contributed by atoms with E-state index in [1.165, 1.54) is 0 Å². The molecule has 0 saturated carbocycles. The standard InChI is InChI=1S/C18H23ClN2O2/c1-11-9-14(7-8-20(11)3)21(4)18(22)17-12(2)15-10-13(19)5-6-16(15)23-17/h5-6,10-11,14H,7-9H2,1-4H3/t11-,14-/m0/s1. The number of carbonyl (C=O) groups is 1. The summed E-state index contributed by atoms with van der Waals surface area (Å²) in [6.45, 7) is 5.14. The van der Waals surface area contributed by atoms with Crippen LogP contribution in [0, 0.1) is 6.92 Å². The van der Waals surface area contributed by atoms with Crippen LogP contribution in [0.5, 0.6) is 0 Å². The number of nitrogens with zero attached hydrogens (tertiary/aromatic N) is 2. The number of hydrogen-bond acceptors (Lipinski definition) is 3. The van der Waals surface area contributed by atoms with Crippen molar-refractivity contribution in [2.24, 2.45) is 0 Å². The van der Waals surface area contributed by atoms with Gasteiger partial charge in [0.05, 0.1) is 0 Å². The summed E-state index contributed by atoms with van der Waals surface area (Å²) in [5, 5.41) is 1.56. The minimum absolute atomic E-state index is 0.0448. The number of halogens is 1. The first-order valence-corrected chi connectivity index (χ1v) is 8.42. The van der Waals surface area contributed by atoms with Crippen molar-refractivity contribution in [3.05, 3.63) is 34.5 Å². The lowest BCUT2D eigenvalue weighted by molar-refractivity contribution is 0.0570. The Kier molecular flexibility index (Phi) is 4.39. The summed E-state index contributed by atoms with van der Waals surface area (Å²) in [5.41, 5.74) is 1.57. The van der Waals surface area contributed by atoms with E-state index >= 15 is 0 Å². The van der Waals surface area contributed by atoms with Crippen LogP contribution < -0.4 is 0 Å². The lowest BCUT2D eigenvalue weighted by Crippen LogP contribution is -2.48. The molecule has 0 N–H and O–H groups in total. The summed E-state index contributed by atoms with van der Waals surface area (Å²) in [6, 6.07) is 6.19. The van der Waals surface area contributed by atoms with E-state index in [0.29, 0.717) is 22.4 Å². The molecule has 1 saturated heterocycles. The van der Waals surface area contributed by atoms with Crippen LogP contribution in [0.1, 0.15) is 35.9 Å². The predicted molar refractivity (Wildman–Crippen MR) is 93.2 cm³/mol. The van der Waals surface area contributed by atoms with Gasteiger partial charge in [0.1, 0.15) is 5.58 Å². The fourth-order valence-corrected chi connectivity index (χ4v) is 3.51. The van der Waals surface area contributed by atoms with E-state index in [0.717, 1.165) is 30.3 Å². The normalized spacial score (nSPS) is 22.5. The van der Waals surface area contributed by atoms with Gasteiger partial charge in [-0.25, -0.2) is 0 Å². The summed E-state index contributed by atoms with van der Waals surface area (Å²) in [6.07, 6.45) is 1.98. The van der Waals surface area contributed by atoms with Crippen molar-refractivity contribution in [2.75, 3.05) is 20.6 Å². The lowest BCUT2D eigenvalue weighted by Gasteiger charge is -2.39. The molecule has 0 spiro atoms. The molecule has 1 fully saturated rings. The molecule has 23 heavy (non-hydrogen) atoms. The fraction of sp³-hybridized carbons (Fsp3) is 0.500. The van der Waals surface area contributed by atoms with E-state index in [-0.39, 0.29) is 11.9 Å². The number of hydrogen-bond donors (Lipinski definition) is 0. The lowest BCUT2D eigenvalue weighted by atomic mass is 9.97. The summed E-state index contributed by atoms with van der Waals surface area (Å²) >= 11 is 6.05. The van der Waals surface area contributed by atoms with Crippen LogP contribution in [0.25, 0.3) is 11.0 Å². The van der Waals surface area contributed by atoms with Gasteiger partial charge in [-0.15, -0.1) is 0 Å². The Morgan fingerprint density at radius 1 is 1.43 bits per heavy atom. The maximum absolute atomic E-state index is 12.9. The molecule has 5 heteroatoms. The van der Waals surface area contributed by atoms with Crippen molar-refractivity contribution in [2.45, 2.75) is 38.8 Å². The molecule has 4 nitrogen and oxygen atoms in total. The average molecular weight is 335 g/mol. The van der Waals surface area contributed by atoms with E-state index in [4.69, 9.17) is 16.0 Å². The van der Waals surface area contributed by atoms with E-state index in [1.807, 2.05) is 31.0 Å². The van der Waals surface area contributed by atoms with Gasteiger partial charge in [0.25, 0.3) is 5.91 Å². The van der Waals surface area contributed by atoms with Gasteiger partial charge in [0.15, 0.2) is 5.76 Å². The molecule has 1 aliphatic heterocycles. The molecule has 0 unspecified atom stereocenters. The minimum atomic E-state index is -0.0448. The molecule has 1 aromatic heterocycles. The van der Waals surface area contributed by atoms with Crippen molar-refractivity contribution in [3.8, 4) is 0 Å². The van der Waals surface area contributed by atoms with Crippen LogP contribution in [0.2, 0.25) is 5.02 Å². The highest BCUT2D eigenvalue weighted by Crippen LogP contribution is 2.30. The number of likely N-dealkylation sites (tertiary alicyclic amines) is 1. The molecule has 1 aromatic carbocycles. The van der Waals surface area contributed by atoms with Crippen LogP contribution in [0.4, 0.5) is 0 Å². The summed E-state index contributed by atoms with van der Waals surface area (Å²) in [7, 11) is 4.01. The highest BCUT2D eigenvalue weighted by molar-refractivity contribution is 6.31. The molecule has 0 aliphatic carbocycles. The van der Waals surface area contributed by atoms with E-state index in [9.17, 15) is 4.79 Å². The van der Waals surface area contributed by atoms with Gasteiger partial charge in [-0.3, -0.25) is 4.79 Å². The number of furan rings is 1. The van der Waals surface area contributed by atoms with Gasteiger partial charge in [-0.2, -0.15) is 0 Å². The Morgan fingerprint density at radius 3 is 2.87 bits per heavy atom. The smallest absolute Gasteiger partial charge is 0.289 e. The second-order valence-electron chi connectivity index (χ2n) is 6.62. The Balaban J connectivity index is 1.86. The summed E-state index contributed by atoms with van der Waals surface area (Å²) in [4.78, 5) is 17.1. The third kappa shape index (κ3) is 2.98. The first-order chi connectivity index (χ1) is 10.9. The molecule has 2 heterocycles. The van der Waals surface area contributed by atoms with Gasteiger partial charge in [-0.1, -0.05) is 11.6 Å². The largest absolute Gasteiger partial charge is 0.451 e.